The first-order chi connectivity index (χ1) is 39.1. The number of rotatable bonds is 35. The summed E-state index contributed by atoms with van der Waals surface area (Å²) in [5.41, 5.74) is 3.73. The average Bonchev–Trinajstić information content (AvgIpc) is 3.49. The summed E-state index contributed by atoms with van der Waals surface area (Å²) in [4.78, 5) is 0. The van der Waals surface area contributed by atoms with Gasteiger partial charge in [0.25, 0.3) is 0 Å². The Morgan fingerprint density at radius 1 is 0.358 bits per heavy atom. The fourth-order valence-electron chi connectivity index (χ4n) is 7.05. The number of hydrogen-bond acceptors (Lipinski definition) is 12. The van der Waals surface area contributed by atoms with Crippen molar-refractivity contribution >= 4 is 11.6 Å². The minimum atomic E-state index is -0.394. The molecule has 81 heavy (non-hydrogen) atoms. The van der Waals surface area contributed by atoms with Gasteiger partial charge >= 0.3 is 0 Å². The van der Waals surface area contributed by atoms with E-state index in [1.54, 1.807) is 24.3 Å². The molecule has 0 saturated carbocycles. The van der Waals surface area contributed by atoms with E-state index in [1.807, 2.05) is 121 Å². The molecule has 0 aromatic heterocycles. The van der Waals surface area contributed by atoms with Crippen LogP contribution in [0, 0.1) is 13.8 Å². The molecule has 0 saturated heterocycles. The van der Waals surface area contributed by atoms with Crippen molar-refractivity contribution in [1.29, 1.82) is 0 Å². The number of halogens is 1. The monoisotopic (exact) mass is 1150 g/mol. The highest BCUT2D eigenvalue weighted by Crippen LogP contribution is 2.22. The van der Waals surface area contributed by atoms with Gasteiger partial charge in [0.1, 0.15) is 73.3 Å². The third kappa shape index (κ3) is 39.0. The van der Waals surface area contributed by atoms with Crippen LogP contribution in [-0.4, -0.2) is 102 Å². The molecule has 5 aromatic rings. The summed E-state index contributed by atoms with van der Waals surface area (Å²) >= 11 is 5.70. The lowest BCUT2D eigenvalue weighted by atomic mass is 10.0. The average molecular weight is 1150 g/mol. The van der Waals surface area contributed by atoms with E-state index in [2.05, 4.69) is 39.0 Å². The molecule has 12 nitrogen and oxygen atoms in total. The second kappa shape index (κ2) is 48.3. The van der Waals surface area contributed by atoms with E-state index in [-0.39, 0.29) is 12.2 Å². The molecule has 0 aliphatic heterocycles. The van der Waals surface area contributed by atoms with Crippen molar-refractivity contribution in [3.63, 3.8) is 0 Å². The van der Waals surface area contributed by atoms with Gasteiger partial charge in [-0.3, -0.25) is 0 Å². The Hall–Kier alpha value is -5.21. The third-order valence-electron chi connectivity index (χ3n) is 12.7. The van der Waals surface area contributed by atoms with Crippen molar-refractivity contribution in [2.24, 2.45) is 0 Å². The standard InChI is InChI=1S/C18H30O2.C16H26O3.C12H18O3.C12H18O2.C10H13ClO2/c1-3-5-6-7-8-9-10-16-11-13-18(14-12-16)20-15-17(19)4-2;1-3-5-6-7-12-18-15-8-10-16(11-9-15)19-13-14(17)4-2;1-3-10(13)9-15-12-7-5-11(6-8-12)14-4-2;1-4-11(13)8-14-12-6-5-9(2)7-10(12)3;1-2-9(12)7-13-10-5-3-8(11)4-6-10/h11-14,17,19H,3-10,15H2,1-2H3;8-11,14,17H,3-7,12-13H2,1-2H3;5-8,10,13H,3-4,9H2,1-2H3;5-7,11,13H,4,8H2,1-3H3;3-6,9,12H,2,7H2,1H3. The fraction of sp³-hybridized carbons (Fsp3) is 0.559. The zero-order valence-corrected chi connectivity index (χ0v) is 51.8. The van der Waals surface area contributed by atoms with Crippen LogP contribution in [0.25, 0.3) is 0 Å². The molecule has 5 unspecified atom stereocenters. The third-order valence-corrected chi connectivity index (χ3v) is 12.9. The molecule has 0 heterocycles. The van der Waals surface area contributed by atoms with E-state index in [4.69, 9.17) is 44.8 Å². The number of aryl methyl sites for hydroxylation is 3. The van der Waals surface area contributed by atoms with E-state index in [9.17, 15) is 25.5 Å². The summed E-state index contributed by atoms with van der Waals surface area (Å²) in [6.45, 7) is 23.3. The highest BCUT2D eigenvalue weighted by molar-refractivity contribution is 6.30. The van der Waals surface area contributed by atoms with E-state index in [0.717, 1.165) is 78.1 Å². The molecule has 0 radical (unpaired) electrons. The van der Waals surface area contributed by atoms with Crippen LogP contribution in [0.1, 0.15) is 168 Å². The van der Waals surface area contributed by atoms with Crippen molar-refractivity contribution < 1.29 is 58.7 Å². The number of aliphatic hydroxyl groups is 5. The van der Waals surface area contributed by atoms with E-state index in [0.29, 0.717) is 63.9 Å². The Labute approximate surface area is 494 Å². The number of benzene rings is 5. The first kappa shape index (κ1) is 73.8. The summed E-state index contributed by atoms with van der Waals surface area (Å²) in [5, 5.41) is 47.4. The van der Waals surface area contributed by atoms with Crippen molar-refractivity contribution in [3.8, 4) is 40.2 Å². The van der Waals surface area contributed by atoms with E-state index in [1.165, 1.54) is 68.9 Å². The van der Waals surface area contributed by atoms with Crippen molar-refractivity contribution in [3.05, 3.63) is 137 Å². The summed E-state index contributed by atoms with van der Waals surface area (Å²) in [6, 6.07) is 36.4. The van der Waals surface area contributed by atoms with Crippen LogP contribution in [0.3, 0.4) is 0 Å². The highest BCUT2D eigenvalue weighted by Gasteiger charge is 2.07. The Kier molecular flexibility index (Phi) is 44.0. The zero-order chi connectivity index (χ0) is 59.9. The zero-order valence-electron chi connectivity index (χ0n) is 51.1. The lowest BCUT2D eigenvalue weighted by Gasteiger charge is -2.12. The Balaban J connectivity index is 0.000000511. The second-order valence-electron chi connectivity index (χ2n) is 20.0. The second-order valence-corrected chi connectivity index (χ2v) is 20.5. The summed E-state index contributed by atoms with van der Waals surface area (Å²) in [6.07, 6.45) is 15.7. The lowest BCUT2D eigenvalue weighted by molar-refractivity contribution is 0.104. The van der Waals surface area contributed by atoms with Gasteiger partial charge in [0.2, 0.25) is 0 Å². The predicted molar refractivity (Wildman–Crippen MR) is 334 cm³/mol. The quantitative estimate of drug-likeness (QED) is 0.0244. The van der Waals surface area contributed by atoms with Gasteiger partial charge in [0, 0.05) is 5.02 Å². The van der Waals surface area contributed by atoms with Crippen molar-refractivity contribution in [2.45, 2.75) is 202 Å². The van der Waals surface area contributed by atoms with Crippen LogP contribution in [0.15, 0.2) is 115 Å². The Morgan fingerprint density at radius 2 is 0.691 bits per heavy atom. The molecule has 0 aliphatic carbocycles. The molecular formula is C68H105ClO12. The van der Waals surface area contributed by atoms with Gasteiger partial charge in [-0.2, -0.15) is 0 Å². The minimum absolute atomic E-state index is 0.331. The normalized spacial score (nSPS) is 12.3. The summed E-state index contributed by atoms with van der Waals surface area (Å²) in [7, 11) is 0. The topological polar surface area (TPSA) is 166 Å². The van der Waals surface area contributed by atoms with Crippen LogP contribution in [-0.2, 0) is 6.42 Å². The molecule has 5 rings (SSSR count). The minimum Gasteiger partial charge on any atom is -0.494 e. The van der Waals surface area contributed by atoms with E-state index >= 15 is 0 Å². The fourth-order valence-corrected chi connectivity index (χ4v) is 7.17. The van der Waals surface area contributed by atoms with Gasteiger partial charge in [-0.05, 0) is 174 Å². The van der Waals surface area contributed by atoms with Crippen LogP contribution >= 0.6 is 11.6 Å². The van der Waals surface area contributed by atoms with Gasteiger partial charge in [-0.15, -0.1) is 0 Å². The molecular weight excluding hydrogens is 1040 g/mol. The van der Waals surface area contributed by atoms with Gasteiger partial charge < -0.3 is 58.7 Å². The molecule has 0 amide bonds. The first-order valence-electron chi connectivity index (χ1n) is 30.0. The van der Waals surface area contributed by atoms with Gasteiger partial charge in [0.05, 0.1) is 43.7 Å². The molecule has 5 atom stereocenters. The molecule has 13 heteroatoms. The number of hydrogen-bond donors (Lipinski definition) is 5. The van der Waals surface area contributed by atoms with E-state index < -0.39 is 18.3 Å². The van der Waals surface area contributed by atoms with Gasteiger partial charge in [0.15, 0.2) is 0 Å². The van der Waals surface area contributed by atoms with Gasteiger partial charge in [-0.25, -0.2) is 0 Å². The largest absolute Gasteiger partial charge is 0.494 e. The number of unbranched alkanes of at least 4 members (excludes halogenated alkanes) is 8. The molecule has 0 bridgehead atoms. The maximum Gasteiger partial charge on any atom is 0.122 e. The predicted octanol–water partition coefficient (Wildman–Crippen LogP) is 15.7. The molecule has 5 N–H and O–H groups in total. The number of aliphatic hydroxyl groups excluding tert-OH is 5. The molecule has 0 aliphatic rings. The molecule has 5 aromatic carbocycles. The SMILES string of the molecule is CCC(O)COc1ccc(C)cc1C.CCC(O)COc1ccc(Cl)cc1.CCCCCCCCc1ccc(OCC(O)CC)cc1.CCCCCCOc1ccc(OCC(O)CC)cc1.CCOc1ccc(OCC(O)CC)cc1. The van der Waals surface area contributed by atoms with Crippen molar-refractivity contribution in [1.82, 2.24) is 0 Å². The van der Waals surface area contributed by atoms with Crippen LogP contribution in [0.4, 0.5) is 0 Å². The number of ether oxygens (including phenoxy) is 7. The summed E-state index contributed by atoms with van der Waals surface area (Å²) in [5.74, 6) is 5.68. The lowest BCUT2D eigenvalue weighted by Crippen LogP contribution is -2.16. The van der Waals surface area contributed by atoms with Crippen LogP contribution in [0.2, 0.25) is 5.02 Å². The molecule has 456 valence electrons. The molecule has 0 fully saturated rings. The van der Waals surface area contributed by atoms with Gasteiger partial charge in [-0.1, -0.05) is 141 Å². The maximum atomic E-state index is 9.45. The molecule has 0 spiro atoms. The van der Waals surface area contributed by atoms with Crippen molar-refractivity contribution in [2.75, 3.05) is 46.2 Å². The van der Waals surface area contributed by atoms with Crippen LogP contribution < -0.4 is 33.2 Å². The van der Waals surface area contributed by atoms with Crippen LogP contribution in [0.5, 0.6) is 40.2 Å². The maximum absolute atomic E-state index is 9.45. The highest BCUT2D eigenvalue weighted by atomic mass is 35.5. The first-order valence-corrected chi connectivity index (χ1v) is 30.4. The Morgan fingerprint density at radius 3 is 1.07 bits per heavy atom. The summed E-state index contributed by atoms with van der Waals surface area (Å²) < 4.78 is 38.1. The smallest absolute Gasteiger partial charge is 0.122 e. The Bertz CT molecular complexity index is 2190.